The third kappa shape index (κ3) is 4.77. The average molecular weight is 486 g/mol. The first-order valence-corrected chi connectivity index (χ1v) is 11.4. The summed E-state index contributed by atoms with van der Waals surface area (Å²) in [4.78, 5) is 18.9. The molecule has 0 bridgehead atoms. The van der Waals surface area contributed by atoms with Crippen LogP contribution in [0.25, 0.3) is 10.2 Å². The number of halogens is 2. The van der Waals surface area contributed by atoms with E-state index in [0.29, 0.717) is 38.9 Å². The van der Waals surface area contributed by atoms with Crippen molar-refractivity contribution in [2.45, 2.75) is 27.4 Å². The second kappa shape index (κ2) is 9.72. The van der Waals surface area contributed by atoms with E-state index in [-0.39, 0.29) is 17.7 Å². The van der Waals surface area contributed by atoms with Crippen LogP contribution < -0.4 is 15.0 Å². The lowest BCUT2D eigenvalue weighted by atomic mass is 10.2. The van der Waals surface area contributed by atoms with Crippen molar-refractivity contribution >= 4 is 39.4 Å². The van der Waals surface area contributed by atoms with Gasteiger partial charge >= 0.3 is 0 Å². The van der Waals surface area contributed by atoms with E-state index in [1.807, 2.05) is 20.8 Å². The van der Waals surface area contributed by atoms with Gasteiger partial charge in [0.15, 0.2) is 11.5 Å². The topological polar surface area (TPSA) is 65.7 Å². The first-order chi connectivity index (χ1) is 15.9. The fourth-order valence-corrected chi connectivity index (χ4v) is 4.45. The van der Waals surface area contributed by atoms with Crippen LogP contribution in [0.4, 0.5) is 4.39 Å². The van der Waals surface area contributed by atoms with Gasteiger partial charge in [-0.1, -0.05) is 17.7 Å². The zero-order valence-corrected chi connectivity index (χ0v) is 19.8. The Hall–Kier alpha value is -3.23. The van der Waals surface area contributed by atoms with Crippen LogP contribution in [0.1, 0.15) is 28.5 Å². The summed E-state index contributed by atoms with van der Waals surface area (Å²) >= 11 is 7.57. The predicted molar refractivity (Wildman–Crippen MR) is 130 cm³/mol. The van der Waals surface area contributed by atoms with Gasteiger partial charge < -0.3 is 9.47 Å². The molecule has 4 rings (SSSR count). The number of thiophene rings is 1. The highest BCUT2D eigenvalue weighted by molar-refractivity contribution is 7.18. The molecular formula is C24H21ClFN3O3S. The molecule has 0 radical (unpaired) electrons. The quantitative estimate of drug-likeness (QED) is 0.314. The van der Waals surface area contributed by atoms with Crippen molar-refractivity contribution in [2.75, 3.05) is 6.61 Å². The highest BCUT2D eigenvalue weighted by atomic mass is 35.5. The molecule has 0 unspecified atom stereocenters. The summed E-state index contributed by atoms with van der Waals surface area (Å²) in [5, 5.41) is 5.16. The zero-order chi connectivity index (χ0) is 23.5. The van der Waals surface area contributed by atoms with Crippen molar-refractivity contribution in [3.63, 3.8) is 0 Å². The Bertz CT molecular complexity index is 1390. The number of hydrogen-bond donors (Lipinski definition) is 0. The van der Waals surface area contributed by atoms with E-state index in [0.717, 1.165) is 10.4 Å². The maximum absolute atomic E-state index is 14.0. The number of ether oxygens (including phenoxy) is 2. The van der Waals surface area contributed by atoms with Crippen molar-refractivity contribution in [3.8, 4) is 11.5 Å². The van der Waals surface area contributed by atoms with Gasteiger partial charge in [-0.15, -0.1) is 11.3 Å². The Balaban J connectivity index is 1.59. The minimum absolute atomic E-state index is 0.0422. The van der Waals surface area contributed by atoms with Gasteiger partial charge in [-0.05, 0) is 62.2 Å². The monoisotopic (exact) mass is 485 g/mol. The summed E-state index contributed by atoms with van der Waals surface area (Å²) in [6.45, 7) is 6.10. The van der Waals surface area contributed by atoms with Crippen molar-refractivity contribution in [2.24, 2.45) is 5.10 Å². The molecule has 0 saturated carbocycles. The number of nitrogens with zero attached hydrogens (tertiary/aromatic N) is 3. The molecule has 0 fully saturated rings. The Labute approximate surface area is 198 Å². The van der Waals surface area contributed by atoms with Crippen LogP contribution in [-0.2, 0) is 6.61 Å². The summed E-state index contributed by atoms with van der Waals surface area (Å²) in [6, 6.07) is 9.70. The Morgan fingerprint density at radius 2 is 2.03 bits per heavy atom. The van der Waals surface area contributed by atoms with Crippen LogP contribution in [0.5, 0.6) is 11.5 Å². The second-order valence-electron chi connectivity index (χ2n) is 7.23. The molecule has 2 heterocycles. The summed E-state index contributed by atoms with van der Waals surface area (Å²) < 4.78 is 26.7. The minimum atomic E-state index is -0.434. The lowest BCUT2D eigenvalue weighted by molar-refractivity contribution is 0.266. The fraction of sp³-hybridized carbons (Fsp3) is 0.208. The normalized spacial score (nSPS) is 11.4. The zero-order valence-electron chi connectivity index (χ0n) is 18.3. The molecule has 0 aliphatic rings. The molecule has 170 valence electrons. The van der Waals surface area contributed by atoms with Crippen LogP contribution in [0, 0.1) is 19.7 Å². The summed E-state index contributed by atoms with van der Waals surface area (Å²) in [5.41, 5.74) is 1.67. The van der Waals surface area contributed by atoms with Crippen LogP contribution >= 0.6 is 22.9 Å². The Morgan fingerprint density at radius 3 is 2.79 bits per heavy atom. The first kappa shape index (κ1) is 22.9. The van der Waals surface area contributed by atoms with E-state index < -0.39 is 5.82 Å². The van der Waals surface area contributed by atoms with Gasteiger partial charge in [-0.3, -0.25) is 4.79 Å². The third-order valence-electron chi connectivity index (χ3n) is 5.11. The van der Waals surface area contributed by atoms with Gasteiger partial charge in [0, 0.05) is 10.4 Å². The lowest BCUT2D eigenvalue weighted by Crippen LogP contribution is -2.17. The summed E-state index contributed by atoms with van der Waals surface area (Å²) in [6.07, 6.45) is 2.96. The van der Waals surface area contributed by atoms with Gasteiger partial charge in [0.25, 0.3) is 5.56 Å². The van der Waals surface area contributed by atoms with Crippen molar-refractivity contribution in [1.82, 2.24) is 9.66 Å². The molecule has 0 amide bonds. The summed E-state index contributed by atoms with van der Waals surface area (Å²) in [7, 11) is 0. The molecule has 0 aliphatic heterocycles. The molecule has 2 aromatic carbocycles. The number of hydrogen-bond acceptors (Lipinski definition) is 6. The smallest absolute Gasteiger partial charge is 0.282 e. The molecular weight excluding hydrogens is 465 g/mol. The van der Waals surface area contributed by atoms with Gasteiger partial charge in [0.1, 0.15) is 23.6 Å². The number of aryl methyl sites for hydroxylation is 2. The van der Waals surface area contributed by atoms with Crippen LogP contribution in [-0.4, -0.2) is 22.5 Å². The molecule has 4 aromatic rings. The van der Waals surface area contributed by atoms with Gasteiger partial charge in [-0.25, -0.2) is 9.37 Å². The minimum Gasteiger partial charge on any atom is -0.490 e. The van der Waals surface area contributed by atoms with Crippen molar-refractivity contribution in [1.29, 1.82) is 0 Å². The van der Waals surface area contributed by atoms with E-state index in [4.69, 9.17) is 21.1 Å². The van der Waals surface area contributed by atoms with Crippen molar-refractivity contribution < 1.29 is 13.9 Å². The molecule has 0 spiro atoms. The molecule has 33 heavy (non-hydrogen) atoms. The van der Waals surface area contributed by atoms with E-state index in [2.05, 4.69) is 10.1 Å². The molecule has 6 nitrogen and oxygen atoms in total. The maximum Gasteiger partial charge on any atom is 0.282 e. The van der Waals surface area contributed by atoms with E-state index >= 15 is 0 Å². The number of aromatic nitrogens is 2. The molecule has 9 heteroatoms. The molecule has 2 aromatic heterocycles. The third-order valence-corrected chi connectivity index (χ3v) is 6.57. The van der Waals surface area contributed by atoms with Gasteiger partial charge in [0.2, 0.25) is 0 Å². The van der Waals surface area contributed by atoms with E-state index in [9.17, 15) is 9.18 Å². The first-order valence-electron chi connectivity index (χ1n) is 10.2. The van der Waals surface area contributed by atoms with Crippen LogP contribution in [0.3, 0.4) is 0 Å². The molecule has 0 saturated heterocycles. The standard InChI is InChI=1S/C24H21ClFN3O3S/c1-4-31-21-10-16(8-9-20(21)32-12-17-18(25)6-5-7-19(17)26)11-28-29-13-27-23-22(24(29)30)14(2)15(3)33-23/h5-11,13H,4,12H2,1-3H3/b28-11+. The Kier molecular flexibility index (Phi) is 6.76. The molecule has 0 N–H and O–H groups in total. The average Bonchev–Trinajstić information content (AvgIpc) is 3.08. The number of benzene rings is 2. The fourth-order valence-electron chi connectivity index (χ4n) is 3.25. The van der Waals surface area contributed by atoms with E-state index in [1.165, 1.54) is 28.4 Å². The maximum atomic E-state index is 14.0. The van der Waals surface area contributed by atoms with Crippen molar-refractivity contribution in [3.05, 3.63) is 85.5 Å². The second-order valence-corrected chi connectivity index (χ2v) is 8.84. The highest BCUT2D eigenvalue weighted by Crippen LogP contribution is 2.30. The largest absolute Gasteiger partial charge is 0.490 e. The highest BCUT2D eigenvalue weighted by Gasteiger charge is 2.13. The molecule has 0 atom stereocenters. The summed E-state index contributed by atoms with van der Waals surface area (Å²) in [5.74, 6) is 0.480. The predicted octanol–water partition coefficient (Wildman–Crippen LogP) is 5.73. The SMILES string of the molecule is CCOc1cc(/C=N/n2cnc3sc(C)c(C)c3c2=O)ccc1OCc1c(F)cccc1Cl. The van der Waals surface area contributed by atoms with Crippen LogP contribution in [0.2, 0.25) is 5.02 Å². The molecule has 0 aliphatic carbocycles. The van der Waals surface area contributed by atoms with Gasteiger partial charge in [-0.2, -0.15) is 9.78 Å². The Morgan fingerprint density at radius 1 is 1.21 bits per heavy atom. The van der Waals surface area contributed by atoms with E-state index in [1.54, 1.807) is 36.5 Å². The lowest BCUT2D eigenvalue weighted by Gasteiger charge is -2.13. The number of fused-ring (bicyclic) bond motifs is 1. The van der Waals surface area contributed by atoms with Gasteiger partial charge in [0.05, 0.1) is 23.2 Å². The number of rotatable bonds is 7. The van der Waals surface area contributed by atoms with Crippen LogP contribution in [0.15, 0.2) is 52.6 Å².